The summed E-state index contributed by atoms with van der Waals surface area (Å²) in [5.74, 6) is -0.282. The van der Waals surface area contributed by atoms with E-state index in [0.717, 1.165) is 25.7 Å². The summed E-state index contributed by atoms with van der Waals surface area (Å²) in [6.45, 7) is 2.19. The van der Waals surface area contributed by atoms with Crippen LogP contribution < -0.4 is 5.32 Å². The Labute approximate surface area is 115 Å². The fraction of sp³-hybridized carbons (Fsp3) is 0.625. The zero-order valence-electron chi connectivity index (χ0n) is 11.6. The molecular weight excluding hydrogens is 241 g/mol. The quantitative estimate of drug-likeness (QED) is 0.872. The highest BCUT2D eigenvalue weighted by atomic mass is 19.1. The minimum atomic E-state index is -0.617. The second-order valence-electron chi connectivity index (χ2n) is 5.54. The van der Waals surface area contributed by atoms with Crippen LogP contribution in [0.5, 0.6) is 0 Å². The lowest BCUT2D eigenvalue weighted by Gasteiger charge is -2.27. The van der Waals surface area contributed by atoms with Gasteiger partial charge >= 0.3 is 0 Å². The number of aliphatic hydroxyl groups is 1. The predicted molar refractivity (Wildman–Crippen MR) is 75.4 cm³/mol. The van der Waals surface area contributed by atoms with Gasteiger partial charge < -0.3 is 10.4 Å². The van der Waals surface area contributed by atoms with Crippen molar-refractivity contribution in [1.82, 2.24) is 5.32 Å². The van der Waals surface area contributed by atoms with Crippen LogP contribution in [0, 0.1) is 5.82 Å². The molecule has 1 aliphatic rings. The van der Waals surface area contributed by atoms with Crippen LogP contribution in [-0.2, 0) is 0 Å². The van der Waals surface area contributed by atoms with Crippen LogP contribution in [0.3, 0.4) is 0 Å². The van der Waals surface area contributed by atoms with Crippen molar-refractivity contribution < 1.29 is 9.50 Å². The molecule has 106 valence electrons. The van der Waals surface area contributed by atoms with Gasteiger partial charge in [-0.2, -0.15) is 0 Å². The maximum atomic E-state index is 13.2. The number of nitrogens with one attached hydrogen (secondary N) is 1. The lowest BCUT2D eigenvalue weighted by Crippen LogP contribution is -2.40. The Morgan fingerprint density at radius 1 is 1.37 bits per heavy atom. The van der Waals surface area contributed by atoms with E-state index in [-0.39, 0.29) is 11.9 Å². The van der Waals surface area contributed by atoms with Crippen LogP contribution in [0.2, 0.25) is 0 Å². The van der Waals surface area contributed by atoms with Crippen molar-refractivity contribution in [3.63, 3.8) is 0 Å². The summed E-state index contributed by atoms with van der Waals surface area (Å²) in [6, 6.07) is 6.84. The van der Waals surface area contributed by atoms with Gasteiger partial charge in [0.15, 0.2) is 0 Å². The summed E-state index contributed by atoms with van der Waals surface area (Å²) in [6.07, 6.45) is 6.16. The highest BCUT2D eigenvalue weighted by Gasteiger charge is 2.25. The first-order chi connectivity index (χ1) is 9.20. The normalized spacial score (nSPS) is 25.8. The molecule has 2 rings (SSSR count). The summed E-state index contributed by atoms with van der Waals surface area (Å²) in [7, 11) is 0. The topological polar surface area (TPSA) is 32.3 Å². The molecule has 2 N–H and O–H groups in total. The number of rotatable bonds is 4. The minimum Gasteiger partial charge on any atom is -0.387 e. The molecule has 0 unspecified atom stereocenters. The van der Waals surface area contributed by atoms with Gasteiger partial charge in [0.2, 0.25) is 0 Å². The van der Waals surface area contributed by atoms with E-state index in [1.54, 1.807) is 12.1 Å². The third-order valence-electron chi connectivity index (χ3n) is 3.98. The molecule has 1 fully saturated rings. The molecule has 1 heterocycles. The number of hydrogen-bond acceptors (Lipinski definition) is 2. The van der Waals surface area contributed by atoms with Crippen LogP contribution in [0.4, 0.5) is 4.39 Å². The molecule has 0 spiro atoms. The predicted octanol–water partition coefficient (Wildman–Crippen LogP) is 3.56. The Kier molecular flexibility index (Phi) is 5.34. The molecule has 0 aromatic heterocycles. The van der Waals surface area contributed by atoms with Gasteiger partial charge in [0.1, 0.15) is 5.82 Å². The van der Waals surface area contributed by atoms with Gasteiger partial charge in [0.25, 0.3) is 0 Å². The molecule has 2 nitrogen and oxygen atoms in total. The second-order valence-corrected chi connectivity index (χ2v) is 5.54. The Hall–Kier alpha value is -0.930. The summed E-state index contributed by atoms with van der Waals surface area (Å²) in [5, 5.41) is 14.0. The van der Waals surface area contributed by atoms with E-state index < -0.39 is 6.10 Å². The maximum absolute atomic E-state index is 13.2. The van der Waals surface area contributed by atoms with Crippen molar-refractivity contribution in [2.75, 3.05) is 0 Å². The zero-order valence-corrected chi connectivity index (χ0v) is 11.6. The summed E-state index contributed by atoms with van der Waals surface area (Å²) >= 11 is 0. The van der Waals surface area contributed by atoms with Crippen LogP contribution in [0.25, 0.3) is 0 Å². The smallest absolute Gasteiger partial charge is 0.123 e. The third kappa shape index (κ3) is 4.02. The second kappa shape index (κ2) is 7.01. The molecule has 19 heavy (non-hydrogen) atoms. The number of hydrogen-bond donors (Lipinski definition) is 2. The molecular formula is C16H24FNO. The number of halogens is 1. The van der Waals surface area contributed by atoms with Crippen molar-refractivity contribution in [1.29, 1.82) is 0 Å². The number of aliphatic hydroxyl groups excluding tert-OH is 1. The molecule has 0 amide bonds. The minimum absolute atomic E-state index is 0.0425. The maximum Gasteiger partial charge on any atom is 0.123 e. The fourth-order valence-corrected chi connectivity index (χ4v) is 2.97. The van der Waals surface area contributed by atoms with Crippen molar-refractivity contribution >= 4 is 0 Å². The average Bonchev–Trinajstić information content (AvgIpc) is 2.64. The largest absolute Gasteiger partial charge is 0.387 e. The number of benzene rings is 1. The van der Waals surface area contributed by atoms with E-state index in [4.69, 9.17) is 0 Å². The summed E-state index contributed by atoms with van der Waals surface area (Å²) in [5.41, 5.74) is 0.676. The molecule has 0 saturated carbocycles. The molecule has 0 bridgehead atoms. The van der Waals surface area contributed by atoms with Gasteiger partial charge in [-0.25, -0.2) is 4.39 Å². The van der Waals surface area contributed by atoms with E-state index in [1.165, 1.54) is 25.0 Å². The first kappa shape index (κ1) is 14.5. The van der Waals surface area contributed by atoms with Gasteiger partial charge in [-0.05, 0) is 37.0 Å². The van der Waals surface area contributed by atoms with E-state index in [0.29, 0.717) is 11.6 Å². The molecule has 1 aromatic carbocycles. The first-order valence-corrected chi connectivity index (χ1v) is 7.40. The fourth-order valence-electron chi connectivity index (χ4n) is 2.97. The molecule has 0 aliphatic carbocycles. The van der Waals surface area contributed by atoms with Gasteiger partial charge in [-0.15, -0.1) is 0 Å². The SMILES string of the molecule is CCC[C@H]1CCCC[C@@H]([C@H](O)c2cccc(F)c2)N1. The van der Waals surface area contributed by atoms with Crippen LogP contribution in [0.15, 0.2) is 24.3 Å². The van der Waals surface area contributed by atoms with Crippen LogP contribution in [0.1, 0.15) is 57.1 Å². The van der Waals surface area contributed by atoms with Crippen molar-refractivity contribution in [3.05, 3.63) is 35.6 Å². The lowest BCUT2D eigenvalue weighted by molar-refractivity contribution is 0.119. The van der Waals surface area contributed by atoms with E-state index in [1.807, 2.05) is 0 Å². The average molecular weight is 265 g/mol. The Balaban J connectivity index is 2.06. The zero-order chi connectivity index (χ0) is 13.7. The molecule has 1 aromatic rings. The lowest BCUT2D eigenvalue weighted by atomic mass is 9.98. The Morgan fingerprint density at radius 2 is 2.16 bits per heavy atom. The van der Waals surface area contributed by atoms with Gasteiger partial charge in [-0.1, -0.05) is 38.3 Å². The van der Waals surface area contributed by atoms with Crippen molar-refractivity contribution in [3.8, 4) is 0 Å². The molecule has 1 saturated heterocycles. The van der Waals surface area contributed by atoms with Gasteiger partial charge in [-0.3, -0.25) is 0 Å². The summed E-state index contributed by atoms with van der Waals surface area (Å²) in [4.78, 5) is 0. The standard InChI is InChI=1S/C16H24FNO/c1-2-6-14-9-3-4-10-15(18-14)16(19)12-7-5-8-13(17)11-12/h5,7-8,11,14-16,18-19H,2-4,6,9-10H2,1H3/t14-,15-,16+/m0/s1. The van der Waals surface area contributed by atoms with Crippen LogP contribution in [-0.4, -0.2) is 17.2 Å². The van der Waals surface area contributed by atoms with Crippen molar-refractivity contribution in [2.24, 2.45) is 0 Å². The monoisotopic (exact) mass is 265 g/mol. The van der Waals surface area contributed by atoms with Crippen LogP contribution >= 0.6 is 0 Å². The first-order valence-electron chi connectivity index (χ1n) is 7.40. The Morgan fingerprint density at radius 3 is 2.89 bits per heavy atom. The van der Waals surface area contributed by atoms with Gasteiger partial charge in [0.05, 0.1) is 6.10 Å². The van der Waals surface area contributed by atoms with Crippen molar-refractivity contribution in [2.45, 2.75) is 63.6 Å². The van der Waals surface area contributed by atoms with E-state index in [2.05, 4.69) is 12.2 Å². The van der Waals surface area contributed by atoms with Gasteiger partial charge in [0, 0.05) is 12.1 Å². The third-order valence-corrected chi connectivity index (χ3v) is 3.98. The summed E-state index contributed by atoms with van der Waals surface area (Å²) < 4.78 is 13.2. The highest BCUT2D eigenvalue weighted by Crippen LogP contribution is 2.25. The van der Waals surface area contributed by atoms with E-state index in [9.17, 15) is 9.50 Å². The van der Waals surface area contributed by atoms with E-state index >= 15 is 0 Å². The molecule has 1 aliphatic heterocycles. The molecule has 0 radical (unpaired) electrons. The molecule has 3 heteroatoms. The molecule has 3 atom stereocenters. The highest BCUT2D eigenvalue weighted by molar-refractivity contribution is 5.20. The Bertz CT molecular complexity index is 396.